The number of H-pyrrole nitrogens is 1. The van der Waals surface area contributed by atoms with Crippen molar-refractivity contribution in [3.8, 4) is 0 Å². The number of carbonyl (C=O) groups is 1. The summed E-state index contributed by atoms with van der Waals surface area (Å²) in [6.45, 7) is 4.74. The fourth-order valence-corrected chi connectivity index (χ4v) is 3.75. The third-order valence-electron chi connectivity index (χ3n) is 5.80. The number of carbonyl (C=O) groups excluding carboxylic acids is 1. The van der Waals surface area contributed by atoms with Gasteiger partial charge in [0.1, 0.15) is 18.2 Å². The first-order chi connectivity index (χ1) is 17.0. The molecule has 9 nitrogen and oxygen atoms in total. The van der Waals surface area contributed by atoms with Crippen LogP contribution < -0.4 is 5.43 Å². The van der Waals surface area contributed by atoms with Crippen LogP contribution in [0.25, 0.3) is 11.0 Å². The molecule has 1 unspecified atom stereocenters. The van der Waals surface area contributed by atoms with E-state index in [2.05, 4.69) is 64.1 Å². The van der Waals surface area contributed by atoms with E-state index >= 15 is 0 Å². The molecule has 0 bridgehead atoms. The Kier molecular flexibility index (Phi) is 7.57. The van der Waals surface area contributed by atoms with Crippen LogP contribution in [0.1, 0.15) is 47.7 Å². The molecule has 0 fully saturated rings. The van der Waals surface area contributed by atoms with Crippen LogP contribution in [0.3, 0.4) is 0 Å². The smallest absolute Gasteiger partial charge is 0.271 e. The molecule has 0 radical (unpaired) electrons. The molecule has 0 saturated heterocycles. The maximum absolute atomic E-state index is 12.4. The largest absolute Gasteiger partial charge is 0.493 e. The van der Waals surface area contributed by atoms with Crippen molar-refractivity contribution in [1.82, 2.24) is 20.8 Å². The average molecular weight is 476 g/mol. The molecular weight excluding hydrogens is 446 g/mol. The Hall–Kier alpha value is -3.98. The molecule has 0 spiro atoms. The second-order valence-electron chi connectivity index (χ2n) is 8.51. The van der Waals surface area contributed by atoms with Crippen LogP contribution in [-0.2, 0) is 20.8 Å². The van der Waals surface area contributed by atoms with E-state index in [-0.39, 0.29) is 12.0 Å². The highest BCUT2D eigenvalue weighted by Gasteiger charge is 2.26. The lowest BCUT2D eigenvalue weighted by Crippen LogP contribution is -2.23. The van der Waals surface area contributed by atoms with Crippen molar-refractivity contribution in [3.05, 3.63) is 82.3 Å². The van der Waals surface area contributed by atoms with Crippen LogP contribution in [0.15, 0.2) is 70.7 Å². The summed E-state index contributed by atoms with van der Waals surface area (Å²) in [5.41, 5.74) is 7.52. The van der Waals surface area contributed by atoms with E-state index in [1.165, 1.54) is 5.56 Å². The van der Waals surface area contributed by atoms with E-state index in [0.717, 1.165) is 16.7 Å². The van der Waals surface area contributed by atoms with Crippen molar-refractivity contribution in [2.75, 3.05) is 14.2 Å². The zero-order valence-electron chi connectivity index (χ0n) is 20.2. The lowest BCUT2D eigenvalue weighted by Gasteiger charge is -2.25. The predicted molar refractivity (Wildman–Crippen MR) is 133 cm³/mol. The van der Waals surface area contributed by atoms with Crippen molar-refractivity contribution in [3.63, 3.8) is 0 Å². The van der Waals surface area contributed by atoms with Crippen LogP contribution in [0.5, 0.6) is 0 Å². The maximum atomic E-state index is 12.4. The van der Waals surface area contributed by atoms with E-state index in [1.54, 1.807) is 38.6 Å². The van der Waals surface area contributed by atoms with E-state index in [0.29, 0.717) is 41.5 Å². The summed E-state index contributed by atoms with van der Waals surface area (Å²) < 4.78 is 17.3. The zero-order valence-corrected chi connectivity index (χ0v) is 20.2. The van der Waals surface area contributed by atoms with Gasteiger partial charge in [-0.3, -0.25) is 9.89 Å². The van der Waals surface area contributed by atoms with Crippen LogP contribution in [0, 0.1) is 0 Å². The van der Waals surface area contributed by atoms with Gasteiger partial charge < -0.3 is 14.2 Å². The van der Waals surface area contributed by atoms with Crippen LogP contribution in [0.2, 0.25) is 0 Å². The number of hydrogen-bond acceptors (Lipinski definition) is 7. The summed E-state index contributed by atoms with van der Waals surface area (Å²) in [6, 6.07) is 13.5. The third kappa shape index (κ3) is 5.75. The fourth-order valence-electron chi connectivity index (χ4n) is 3.75. The first-order valence-electron chi connectivity index (χ1n) is 11.4. The Labute approximate surface area is 203 Å². The van der Waals surface area contributed by atoms with Crippen LogP contribution >= 0.6 is 0 Å². The fraction of sp³-hybridized carbons (Fsp3) is 0.308. The van der Waals surface area contributed by atoms with Crippen molar-refractivity contribution in [2.24, 2.45) is 5.10 Å². The van der Waals surface area contributed by atoms with Gasteiger partial charge in [-0.05, 0) is 46.9 Å². The van der Waals surface area contributed by atoms with Gasteiger partial charge in [-0.2, -0.15) is 5.10 Å². The minimum Gasteiger partial charge on any atom is -0.493 e. The predicted octanol–water partition coefficient (Wildman–Crippen LogP) is 4.22. The Bertz CT molecular complexity index is 1270. The molecule has 1 aliphatic rings. The van der Waals surface area contributed by atoms with Gasteiger partial charge in [-0.1, -0.05) is 43.3 Å². The standard InChI is InChI=1S/C26H29N5O4/c1-16(2)19-7-5-17(6-8-19)15-35-25-23(33-3)11-18(12-24(25)34-4)14-27-30-26(32)20-9-10-21-22(13-20)29-31-28-21/h5-11,13-14,16,24H,12,15H2,1-4H3,(H,30,32)(H,28,29,31)/b27-14+. The van der Waals surface area contributed by atoms with Gasteiger partial charge in [0.25, 0.3) is 5.91 Å². The molecule has 0 aliphatic heterocycles. The van der Waals surface area contributed by atoms with Gasteiger partial charge in [0.15, 0.2) is 11.5 Å². The highest BCUT2D eigenvalue weighted by Crippen LogP contribution is 2.28. The van der Waals surface area contributed by atoms with Gasteiger partial charge in [-0.15, -0.1) is 5.10 Å². The number of amides is 1. The lowest BCUT2D eigenvalue weighted by molar-refractivity contribution is 0.0452. The molecular formula is C26H29N5O4. The Morgan fingerprint density at radius 2 is 2.03 bits per heavy atom. The Balaban J connectivity index is 1.42. The number of aromatic amines is 1. The molecule has 1 amide bonds. The normalized spacial score (nSPS) is 16.1. The number of aromatic nitrogens is 3. The molecule has 182 valence electrons. The second-order valence-corrected chi connectivity index (χ2v) is 8.51. The SMILES string of the molecule is COC1=C(OCc2ccc(C(C)C)cc2)C(OC)CC(/C=N/NC(=O)c2ccc3[nH]nnc3c2)=C1. The number of benzene rings is 2. The summed E-state index contributed by atoms with van der Waals surface area (Å²) in [7, 11) is 3.21. The third-order valence-corrected chi connectivity index (χ3v) is 5.80. The lowest BCUT2D eigenvalue weighted by atomic mass is 10.00. The molecule has 4 rings (SSSR count). The molecule has 1 heterocycles. The Morgan fingerprint density at radius 1 is 1.23 bits per heavy atom. The highest BCUT2D eigenvalue weighted by atomic mass is 16.5. The summed E-state index contributed by atoms with van der Waals surface area (Å²) in [5, 5.41) is 14.5. The average Bonchev–Trinajstić information content (AvgIpc) is 3.35. The maximum Gasteiger partial charge on any atom is 0.271 e. The summed E-state index contributed by atoms with van der Waals surface area (Å²) >= 11 is 0. The molecule has 3 aromatic rings. The summed E-state index contributed by atoms with van der Waals surface area (Å²) in [6.07, 6.45) is 3.61. The van der Waals surface area contributed by atoms with Crippen LogP contribution in [-0.4, -0.2) is 47.9 Å². The summed E-state index contributed by atoms with van der Waals surface area (Å²) in [5.74, 6) is 1.33. The van der Waals surface area contributed by atoms with Crippen molar-refractivity contribution in [2.45, 2.75) is 38.9 Å². The monoisotopic (exact) mass is 475 g/mol. The highest BCUT2D eigenvalue weighted by molar-refractivity contribution is 5.97. The number of ether oxygens (including phenoxy) is 3. The number of nitrogens with one attached hydrogen (secondary N) is 2. The number of hydrazone groups is 1. The molecule has 2 N–H and O–H groups in total. The first kappa shape index (κ1) is 24.2. The van der Waals surface area contributed by atoms with Crippen molar-refractivity contribution in [1.29, 1.82) is 0 Å². The topological polar surface area (TPSA) is 111 Å². The number of methoxy groups -OCH3 is 2. The van der Waals surface area contributed by atoms with Crippen molar-refractivity contribution >= 4 is 23.2 Å². The molecule has 9 heteroatoms. The first-order valence-corrected chi connectivity index (χ1v) is 11.4. The van der Waals surface area contributed by atoms with Gasteiger partial charge in [0.05, 0.1) is 18.8 Å². The molecule has 1 atom stereocenters. The van der Waals surface area contributed by atoms with Crippen molar-refractivity contribution < 1.29 is 19.0 Å². The molecule has 0 saturated carbocycles. The zero-order chi connectivity index (χ0) is 24.8. The number of hydrogen-bond donors (Lipinski definition) is 2. The quantitative estimate of drug-likeness (QED) is 0.354. The van der Waals surface area contributed by atoms with Gasteiger partial charge in [0, 0.05) is 19.1 Å². The van der Waals surface area contributed by atoms with Crippen LogP contribution in [0.4, 0.5) is 0 Å². The molecule has 2 aromatic carbocycles. The molecule has 1 aliphatic carbocycles. The molecule has 1 aromatic heterocycles. The minimum atomic E-state index is -0.346. The van der Waals surface area contributed by atoms with Gasteiger partial charge in [-0.25, -0.2) is 5.43 Å². The number of fused-ring (bicyclic) bond motifs is 1. The summed E-state index contributed by atoms with van der Waals surface area (Å²) in [4.78, 5) is 12.4. The second kappa shape index (κ2) is 11.0. The van der Waals surface area contributed by atoms with E-state index < -0.39 is 0 Å². The number of nitrogens with zero attached hydrogens (tertiary/aromatic N) is 3. The van der Waals surface area contributed by atoms with Gasteiger partial charge in [0.2, 0.25) is 0 Å². The van der Waals surface area contributed by atoms with E-state index in [1.807, 2.05) is 6.08 Å². The minimum absolute atomic E-state index is 0.336. The molecule has 35 heavy (non-hydrogen) atoms. The number of allylic oxidation sites excluding steroid dienone is 1. The number of rotatable bonds is 9. The Morgan fingerprint density at radius 3 is 2.74 bits per heavy atom. The van der Waals surface area contributed by atoms with E-state index in [4.69, 9.17) is 14.2 Å². The van der Waals surface area contributed by atoms with E-state index in [9.17, 15) is 4.79 Å². The van der Waals surface area contributed by atoms with Gasteiger partial charge >= 0.3 is 0 Å².